The van der Waals surface area contributed by atoms with Crippen molar-refractivity contribution in [2.45, 2.75) is 25.7 Å². The molecule has 0 aliphatic carbocycles. The number of benzene rings is 1. The summed E-state index contributed by atoms with van der Waals surface area (Å²) in [5, 5.41) is 9.24. The van der Waals surface area contributed by atoms with E-state index in [0.717, 1.165) is 5.56 Å². The van der Waals surface area contributed by atoms with E-state index in [-0.39, 0.29) is 0 Å². The van der Waals surface area contributed by atoms with Crippen molar-refractivity contribution < 1.29 is 13.9 Å². The minimum Gasteiger partial charge on any atom is -0.497 e. The standard InChI is InChI=1S/C13H19NO3Si/c1-15-11-6-10(7-12(8-11)16-2)13(9-14)17-18(3,4)5/h6-8,13H,1-5H3/t13-/m1/s1. The lowest BCUT2D eigenvalue weighted by molar-refractivity contribution is 0.253. The highest BCUT2D eigenvalue weighted by Crippen LogP contribution is 2.29. The number of methoxy groups -OCH3 is 2. The van der Waals surface area contributed by atoms with E-state index in [1.54, 1.807) is 32.4 Å². The minimum atomic E-state index is -1.78. The maximum atomic E-state index is 9.24. The van der Waals surface area contributed by atoms with Crippen LogP contribution in [0.25, 0.3) is 0 Å². The van der Waals surface area contributed by atoms with Crippen LogP contribution in [0.1, 0.15) is 11.7 Å². The first-order chi connectivity index (χ1) is 8.39. The summed E-state index contributed by atoms with van der Waals surface area (Å²) >= 11 is 0. The Morgan fingerprint density at radius 3 is 1.89 bits per heavy atom. The van der Waals surface area contributed by atoms with Crippen LogP contribution in [-0.4, -0.2) is 22.5 Å². The molecule has 0 spiro atoms. The highest BCUT2D eigenvalue weighted by atomic mass is 28.4. The van der Waals surface area contributed by atoms with Gasteiger partial charge in [-0.25, -0.2) is 0 Å². The van der Waals surface area contributed by atoms with Crippen molar-refractivity contribution >= 4 is 8.32 Å². The van der Waals surface area contributed by atoms with E-state index >= 15 is 0 Å². The van der Waals surface area contributed by atoms with Crippen LogP contribution >= 0.6 is 0 Å². The average Bonchev–Trinajstić information content (AvgIpc) is 2.34. The Bertz CT molecular complexity index is 426. The molecule has 0 heterocycles. The van der Waals surface area contributed by atoms with E-state index in [1.807, 2.05) is 0 Å². The van der Waals surface area contributed by atoms with E-state index in [9.17, 15) is 5.26 Å². The van der Waals surface area contributed by atoms with Crippen molar-refractivity contribution in [2.24, 2.45) is 0 Å². The van der Waals surface area contributed by atoms with E-state index in [0.29, 0.717) is 11.5 Å². The fraction of sp³-hybridized carbons (Fsp3) is 0.462. The number of nitriles is 1. The topological polar surface area (TPSA) is 51.5 Å². The van der Waals surface area contributed by atoms with Crippen molar-refractivity contribution in [1.29, 1.82) is 5.26 Å². The number of hydrogen-bond acceptors (Lipinski definition) is 4. The van der Waals surface area contributed by atoms with Crippen molar-refractivity contribution in [3.63, 3.8) is 0 Å². The molecule has 0 aliphatic rings. The molecule has 0 aliphatic heterocycles. The maximum absolute atomic E-state index is 9.24. The molecule has 0 fully saturated rings. The minimum absolute atomic E-state index is 0.583. The number of hydrogen-bond donors (Lipinski definition) is 0. The summed E-state index contributed by atoms with van der Waals surface area (Å²) in [7, 11) is 1.38. The van der Waals surface area contributed by atoms with Crippen LogP contribution in [0.5, 0.6) is 11.5 Å². The quantitative estimate of drug-likeness (QED) is 0.768. The molecular formula is C13H19NO3Si. The summed E-state index contributed by atoms with van der Waals surface area (Å²) in [4.78, 5) is 0. The van der Waals surface area contributed by atoms with Crippen LogP contribution in [0.15, 0.2) is 18.2 Å². The first-order valence-corrected chi connectivity index (χ1v) is 9.11. The third kappa shape index (κ3) is 4.06. The second kappa shape index (κ2) is 5.89. The molecule has 1 atom stereocenters. The molecule has 4 nitrogen and oxygen atoms in total. The van der Waals surface area contributed by atoms with Crippen LogP contribution in [0.3, 0.4) is 0 Å². The molecule has 98 valence electrons. The van der Waals surface area contributed by atoms with Crippen LogP contribution in [0.2, 0.25) is 19.6 Å². The lowest BCUT2D eigenvalue weighted by Crippen LogP contribution is -2.27. The van der Waals surface area contributed by atoms with Gasteiger partial charge in [-0.2, -0.15) is 5.26 Å². The summed E-state index contributed by atoms with van der Waals surface area (Å²) in [5.41, 5.74) is 0.760. The van der Waals surface area contributed by atoms with Gasteiger partial charge in [-0.05, 0) is 31.8 Å². The molecule has 18 heavy (non-hydrogen) atoms. The fourth-order valence-electron chi connectivity index (χ4n) is 1.50. The molecule has 0 radical (unpaired) electrons. The molecule has 1 aromatic rings. The van der Waals surface area contributed by atoms with Crippen LogP contribution in [0.4, 0.5) is 0 Å². The molecule has 0 unspecified atom stereocenters. The molecular weight excluding hydrogens is 246 g/mol. The van der Waals surface area contributed by atoms with Gasteiger partial charge in [0.25, 0.3) is 0 Å². The Morgan fingerprint density at radius 2 is 1.56 bits per heavy atom. The monoisotopic (exact) mass is 265 g/mol. The van der Waals surface area contributed by atoms with Gasteiger partial charge >= 0.3 is 0 Å². The Balaban J connectivity index is 3.09. The van der Waals surface area contributed by atoms with E-state index in [1.165, 1.54) is 0 Å². The summed E-state index contributed by atoms with van der Waals surface area (Å²) in [6.45, 7) is 6.15. The van der Waals surface area contributed by atoms with Gasteiger partial charge in [0.2, 0.25) is 0 Å². The summed E-state index contributed by atoms with van der Waals surface area (Å²) in [5.74, 6) is 1.31. The second-order valence-electron chi connectivity index (χ2n) is 4.89. The predicted octanol–water partition coefficient (Wildman–Crippen LogP) is 3.12. The molecule has 0 saturated heterocycles. The molecule has 0 saturated carbocycles. The van der Waals surface area contributed by atoms with Gasteiger partial charge in [0, 0.05) is 11.6 Å². The SMILES string of the molecule is COc1cc(OC)cc([C@@H](C#N)O[Si](C)(C)C)c1. The Labute approximate surface area is 109 Å². The highest BCUT2D eigenvalue weighted by molar-refractivity contribution is 6.69. The number of ether oxygens (including phenoxy) is 2. The summed E-state index contributed by atoms with van der Waals surface area (Å²) in [6.07, 6.45) is -0.583. The van der Waals surface area contributed by atoms with Gasteiger partial charge in [-0.1, -0.05) is 0 Å². The zero-order valence-corrected chi connectivity index (χ0v) is 12.5. The summed E-state index contributed by atoms with van der Waals surface area (Å²) < 4.78 is 16.2. The van der Waals surface area contributed by atoms with Crippen LogP contribution in [-0.2, 0) is 4.43 Å². The average molecular weight is 265 g/mol. The first kappa shape index (κ1) is 14.5. The molecule has 0 N–H and O–H groups in total. The van der Waals surface area contributed by atoms with Gasteiger partial charge in [-0.15, -0.1) is 0 Å². The zero-order chi connectivity index (χ0) is 13.8. The Morgan fingerprint density at radius 1 is 1.06 bits per heavy atom. The largest absolute Gasteiger partial charge is 0.497 e. The number of nitrogens with zero attached hydrogens (tertiary/aromatic N) is 1. The molecule has 1 aromatic carbocycles. The van der Waals surface area contributed by atoms with Gasteiger partial charge in [0.05, 0.1) is 20.3 Å². The lowest BCUT2D eigenvalue weighted by atomic mass is 10.1. The van der Waals surface area contributed by atoms with E-state index < -0.39 is 14.4 Å². The van der Waals surface area contributed by atoms with Crippen LogP contribution in [0, 0.1) is 11.3 Å². The Kier molecular flexibility index (Phi) is 4.76. The lowest BCUT2D eigenvalue weighted by Gasteiger charge is -2.22. The second-order valence-corrected chi connectivity index (χ2v) is 9.35. The normalized spacial score (nSPS) is 12.7. The van der Waals surface area contributed by atoms with Gasteiger partial charge < -0.3 is 13.9 Å². The third-order valence-electron chi connectivity index (χ3n) is 2.27. The maximum Gasteiger partial charge on any atom is 0.186 e. The first-order valence-electron chi connectivity index (χ1n) is 5.70. The van der Waals surface area contributed by atoms with Gasteiger partial charge in [0.1, 0.15) is 11.5 Å². The summed E-state index contributed by atoms with van der Waals surface area (Å²) in [6, 6.07) is 7.55. The van der Waals surface area contributed by atoms with Crippen molar-refractivity contribution in [3.8, 4) is 17.6 Å². The van der Waals surface area contributed by atoms with Crippen molar-refractivity contribution in [2.75, 3.05) is 14.2 Å². The van der Waals surface area contributed by atoms with Crippen molar-refractivity contribution in [1.82, 2.24) is 0 Å². The Hall–Kier alpha value is -1.51. The highest BCUT2D eigenvalue weighted by Gasteiger charge is 2.23. The molecule has 0 aromatic heterocycles. The van der Waals surface area contributed by atoms with E-state index in [2.05, 4.69) is 25.7 Å². The van der Waals surface area contributed by atoms with Crippen LogP contribution < -0.4 is 9.47 Å². The smallest absolute Gasteiger partial charge is 0.186 e. The van der Waals surface area contributed by atoms with Gasteiger partial charge in [-0.3, -0.25) is 0 Å². The predicted molar refractivity (Wildman–Crippen MR) is 72.3 cm³/mol. The number of rotatable bonds is 5. The fourth-order valence-corrected chi connectivity index (χ4v) is 2.40. The van der Waals surface area contributed by atoms with E-state index in [4.69, 9.17) is 13.9 Å². The molecule has 0 bridgehead atoms. The molecule has 5 heteroatoms. The zero-order valence-electron chi connectivity index (χ0n) is 11.5. The third-order valence-corrected chi connectivity index (χ3v) is 3.21. The molecule has 0 amide bonds. The molecule has 1 rings (SSSR count). The van der Waals surface area contributed by atoms with Gasteiger partial charge in [0.15, 0.2) is 14.4 Å². The van der Waals surface area contributed by atoms with Crippen molar-refractivity contribution in [3.05, 3.63) is 23.8 Å².